The average molecular weight is 232 g/mol. The van der Waals surface area contributed by atoms with Crippen molar-refractivity contribution >= 4 is 5.65 Å². The highest BCUT2D eigenvalue weighted by atomic mass is 16.1. The molecule has 0 radical (unpaired) electrons. The number of fused-ring (bicyclic) bond motifs is 1. The Hall–Kier alpha value is -1.62. The molecule has 1 atom stereocenters. The lowest BCUT2D eigenvalue weighted by Crippen LogP contribution is -2.28. The summed E-state index contributed by atoms with van der Waals surface area (Å²) in [5, 5.41) is 6.54. The molecule has 0 amide bonds. The summed E-state index contributed by atoms with van der Waals surface area (Å²) in [5.41, 5.74) is 2.55. The van der Waals surface area contributed by atoms with Crippen LogP contribution in [0.2, 0.25) is 0 Å². The summed E-state index contributed by atoms with van der Waals surface area (Å²) in [4.78, 5) is 16.1. The Morgan fingerprint density at radius 3 is 3.12 bits per heavy atom. The molecule has 1 saturated heterocycles. The van der Waals surface area contributed by atoms with Crippen molar-refractivity contribution < 1.29 is 0 Å². The minimum atomic E-state index is -0.0393. The van der Waals surface area contributed by atoms with Crippen molar-refractivity contribution in [1.29, 1.82) is 0 Å². The second-order valence-electron chi connectivity index (χ2n) is 4.68. The molecule has 1 fully saturated rings. The molecular formula is C12H16N4O. The van der Waals surface area contributed by atoms with Crippen LogP contribution in [0.3, 0.4) is 0 Å². The molecular weight excluding hydrogens is 216 g/mol. The maximum atomic E-state index is 11.8. The Morgan fingerprint density at radius 2 is 2.35 bits per heavy atom. The van der Waals surface area contributed by atoms with Crippen LogP contribution >= 0.6 is 0 Å². The number of piperidine rings is 1. The molecule has 0 spiro atoms. The zero-order chi connectivity index (χ0) is 11.8. The molecule has 5 nitrogen and oxygen atoms in total. The second kappa shape index (κ2) is 4.00. The zero-order valence-electron chi connectivity index (χ0n) is 9.86. The third-order valence-corrected chi connectivity index (χ3v) is 3.33. The fraction of sp³-hybridized carbons (Fsp3) is 0.500. The molecule has 5 heteroatoms. The van der Waals surface area contributed by atoms with Crippen LogP contribution in [-0.2, 0) is 0 Å². The smallest absolute Gasteiger partial charge is 0.272 e. The van der Waals surface area contributed by atoms with Crippen LogP contribution in [0.5, 0.6) is 0 Å². The van der Waals surface area contributed by atoms with Gasteiger partial charge in [-0.15, -0.1) is 0 Å². The number of nitrogens with zero attached hydrogens (tertiary/aromatic N) is 2. The normalized spacial score (nSPS) is 20.9. The SMILES string of the molecule is Cc1cc(=O)n2[nH]c(C3CCCNC3)cc2n1. The number of H-pyrrole nitrogens is 1. The van der Waals surface area contributed by atoms with Gasteiger partial charge in [0.2, 0.25) is 0 Å². The largest absolute Gasteiger partial charge is 0.316 e. The summed E-state index contributed by atoms with van der Waals surface area (Å²) in [6, 6.07) is 3.54. The highest BCUT2D eigenvalue weighted by Crippen LogP contribution is 2.22. The molecule has 3 rings (SSSR count). The number of hydrogen-bond donors (Lipinski definition) is 2. The summed E-state index contributed by atoms with van der Waals surface area (Å²) in [6.07, 6.45) is 2.34. The number of rotatable bonds is 1. The molecule has 1 unspecified atom stereocenters. The highest BCUT2D eigenvalue weighted by Gasteiger charge is 2.17. The lowest BCUT2D eigenvalue weighted by molar-refractivity contribution is 0.453. The van der Waals surface area contributed by atoms with Gasteiger partial charge in [-0.1, -0.05) is 0 Å². The lowest BCUT2D eigenvalue weighted by atomic mass is 9.96. The fourth-order valence-electron chi connectivity index (χ4n) is 2.46. The molecule has 17 heavy (non-hydrogen) atoms. The summed E-state index contributed by atoms with van der Waals surface area (Å²) in [7, 11) is 0. The van der Waals surface area contributed by atoms with Crippen molar-refractivity contribution in [1.82, 2.24) is 19.9 Å². The molecule has 3 heterocycles. The van der Waals surface area contributed by atoms with Crippen LogP contribution in [-0.4, -0.2) is 27.7 Å². The highest BCUT2D eigenvalue weighted by molar-refractivity contribution is 5.40. The predicted molar refractivity (Wildman–Crippen MR) is 65.4 cm³/mol. The van der Waals surface area contributed by atoms with E-state index in [4.69, 9.17) is 0 Å². The van der Waals surface area contributed by atoms with E-state index in [0.717, 1.165) is 36.5 Å². The third-order valence-electron chi connectivity index (χ3n) is 3.33. The van der Waals surface area contributed by atoms with Crippen molar-refractivity contribution in [3.8, 4) is 0 Å². The van der Waals surface area contributed by atoms with Crippen LogP contribution in [0.15, 0.2) is 16.9 Å². The van der Waals surface area contributed by atoms with E-state index < -0.39 is 0 Å². The van der Waals surface area contributed by atoms with Crippen LogP contribution in [0.1, 0.15) is 30.1 Å². The average Bonchev–Trinajstić information content (AvgIpc) is 2.74. The molecule has 0 saturated carbocycles. The number of aromatic amines is 1. The maximum Gasteiger partial charge on any atom is 0.272 e. The summed E-state index contributed by atoms with van der Waals surface area (Å²) in [6.45, 7) is 3.91. The first-order valence-corrected chi connectivity index (χ1v) is 6.04. The van der Waals surface area contributed by atoms with Gasteiger partial charge in [0, 0.05) is 36.0 Å². The Morgan fingerprint density at radius 1 is 1.47 bits per heavy atom. The fourth-order valence-corrected chi connectivity index (χ4v) is 2.46. The standard InChI is InChI=1S/C12H16N4O/c1-8-5-12(17)16-11(14-8)6-10(15-16)9-3-2-4-13-7-9/h5-6,9,13,15H,2-4,7H2,1H3. The van der Waals surface area contributed by atoms with E-state index in [9.17, 15) is 4.79 Å². The molecule has 2 aromatic rings. The van der Waals surface area contributed by atoms with E-state index in [1.165, 1.54) is 10.9 Å². The first-order chi connectivity index (χ1) is 8.24. The van der Waals surface area contributed by atoms with Crippen LogP contribution in [0.25, 0.3) is 5.65 Å². The van der Waals surface area contributed by atoms with E-state index in [2.05, 4.69) is 15.4 Å². The van der Waals surface area contributed by atoms with Crippen molar-refractivity contribution in [2.24, 2.45) is 0 Å². The molecule has 1 aliphatic heterocycles. The van der Waals surface area contributed by atoms with Crippen LogP contribution < -0.4 is 10.9 Å². The van der Waals surface area contributed by atoms with Crippen molar-refractivity contribution in [3.05, 3.63) is 33.9 Å². The summed E-state index contributed by atoms with van der Waals surface area (Å²) >= 11 is 0. The molecule has 0 bridgehead atoms. The Bertz CT molecular complexity index is 592. The zero-order valence-corrected chi connectivity index (χ0v) is 9.86. The summed E-state index contributed by atoms with van der Waals surface area (Å²) < 4.78 is 1.52. The predicted octanol–water partition coefficient (Wildman–Crippen LogP) is 0.798. The number of nitrogens with one attached hydrogen (secondary N) is 2. The second-order valence-corrected chi connectivity index (χ2v) is 4.68. The first kappa shape index (κ1) is 10.5. The Labute approximate surface area is 98.9 Å². The molecule has 1 aliphatic rings. The molecule has 0 aromatic carbocycles. The number of aryl methyl sites for hydroxylation is 1. The van der Waals surface area contributed by atoms with Gasteiger partial charge in [0.05, 0.1) is 0 Å². The van der Waals surface area contributed by atoms with Gasteiger partial charge in [-0.25, -0.2) is 9.50 Å². The minimum absolute atomic E-state index is 0.0393. The first-order valence-electron chi connectivity index (χ1n) is 6.04. The van der Waals surface area contributed by atoms with Crippen LogP contribution in [0.4, 0.5) is 0 Å². The molecule has 2 N–H and O–H groups in total. The van der Waals surface area contributed by atoms with Gasteiger partial charge in [0.25, 0.3) is 5.56 Å². The van der Waals surface area contributed by atoms with Crippen molar-refractivity contribution in [2.75, 3.05) is 13.1 Å². The van der Waals surface area contributed by atoms with Gasteiger partial charge in [0.15, 0.2) is 5.65 Å². The quantitative estimate of drug-likeness (QED) is 0.764. The Kier molecular flexibility index (Phi) is 2.48. The van der Waals surface area contributed by atoms with Gasteiger partial charge in [-0.2, -0.15) is 0 Å². The van der Waals surface area contributed by atoms with E-state index in [1.54, 1.807) is 6.07 Å². The topological polar surface area (TPSA) is 62.2 Å². The van der Waals surface area contributed by atoms with Crippen LogP contribution in [0, 0.1) is 6.92 Å². The van der Waals surface area contributed by atoms with E-state index in [0.29, 0.717) is 5.92 Å². The minimum Gasteiger partial charge on any atom is -0.316 e. The van der Waals surface area contributed by atoms with Gasteiger partial charge in [-0.05, 0) is 26.3 Å². The third kappa shape index (κ3) is 1.86. The molecule has 90 valence electrons. The lowest BCUT2D eigenvalue weighted by Gasteiger charge is -2.21. The number of hydrogen-bond acceptors (Lipinski definition) is 3. The van der Waals surface area contributed by atoms with Crippen molar-refractivity contribution in [2.45, 2.75) is 25.7 Å². The van der Waals surface area contributed by atoms with Gasteiger partial charge in [0.1, 0.15) is 0 Å². The Balaban J connectivity index is 2.06. The summed E-state index contributed by atoms with van der Waals surface area (Å²) in [5.74, 6) is 0.463. The number of aromatic nitrogens is 3. The van der Waals surface area contributed by atoms with Gasteiger partial charge in [-0.3, -0.25) is 9.89 Å². The van der Waals surface area contributed by atoms with Gasteiger partial charge >= 0.3 is 0 Å². The van der Waals surface area contributed by atoms with Crippen molar-refractivity contribution in [3.63, 3.8) is 0 Å². The molecule has 2 aromatic heterocycles. The maximum absolute atomic E-state index is 11.8. The van der Waals surface area contributed by atoms with E-state index >= 15 is 0 Å². The van der Waals surface area contributed by atoms with E-state index in [1.807, 2.05) is 13.0 Å². The molecule has 0 aliphatic carbocycles. The van der Waals surface area contributed by atoms with E-state index in [-0.39, 0.29) is 5.56 Å². The monoisotopic (exact) mass is 232 g/mol. The van der Waals surface area contributed by atoms with Gasteiger partial charge < -0.3 is 5.32 Å².